The fraction of sp³-hybridized carbons (Fsp3) is 0.417. The zero-order valence-corrected chi connectivity index (χ0v) is 9.66. The van der Waals surface area contributed by atoms with Gasteiger partial charge in [0.1, 0.15) is 0 Å². The summed E-state index contributed by atoms with van der Waals surface area (Å²) < 4.78 is 7.40. The zero-order valence-electron chi connectivity index (χ0n) is 9.66. The van der Waals surface area contributed by atoms with Crippen molar-refractivity contribution in [2.75, 3.05) is 0 Å². The highest BCUT2D eigenvalue weighted by Crippen LogP contribution is 2.16. The van der Waals surface area contributed by atoms with E-state index in [1.165, 1.54) is 16.8 Å². The Morgan fingerprint density at radius 1 is 1.27 bits per heavy atom. The Morgan fingerprint density at radius 2 is 2.00 bits per heavy atom. The summed E-state index contributed by atoms with van der Waals surface area (Å²) >= 11 is 0. The SMILES string of the molecule is Cc1cc(Cn2cc(C)c(C)c2C)on1. The third-order valence-corrected chi connectivity index (χ3v) is 2.92. The van der Waals surface area contributed by atoms with Gasteiger partial charge in [-0.05, 0) is 38.8 Å². The maximum atomic E-state index is 5.20. The largest absolute Gasteiger partial charge is 0.359 e. The molecule has 0 amide bonds. The Kier molecular flexibility index (Phi) is 2.39. The summed E-state index contributed by atoms with van der Waals surface area (Å²) in [5, 5.41) is 3.88. The number of nitrogens with zero attached hydrogens (tertiary/aromatic N) is 2. The van der Waals surface area contributed by atoms with Gasteiger partial charge in [0.25, 0.3) is 0 Å². The van der Waals surface area contributed by atoms with Crippen LogP contribution in [-0.2, 0) is 6.54 Å². The van der Waals surface area contributed by atoms with Crippen LogP contribution in [0.5, 0.6) is 0 Å². The van der Waals surface area contributed by atoms with E-state index in [1.807, 2.05) is 13.0 Å². The van der Waals surface area contributed by atoms with Crippen molar-refractivity contribution >= 4 is 0 Å². The lowest BCUT2D eigenvalue weighted by Crippen LogP contribution is -1.99. The van der Waals surface area contributed by atoms with Crippen molar-refractivity contribution in [1.82, 2.24) is 9.72 Å². The van der Waals surface area contributed by atoms with Crippen LogP contribution >= 0.6 is 0 Å². The third kappa shape index (κ3) is 1.82. The van der Waals surface area contributed by atoms with Crippen LogP contribution in [-0.4, -0.2) is 9.72 Å². The van der Waals surface area contributed by atoms with E-state index in [2.05, 4.69) is 36.7 Å². The van der Waals surface area contributed by atoms with Gasteiger partial charge in [0.2, 0.25) is 0 Å². The summed E-state index contributed by atoms with van der Waals surface area (Å²) in [6.45, 7) is 9.11. The quantitative estimate of drug-likeness (QED) is 0.753. The fourth-order valence-electron chi connectivity index (χ4n) is 1.75. The topological polar surface area (TPSA) is 31.0 Å². The van der Waals surface area contributed by atoms with E-state index >= 15 is 0 Å². The van der Waals surface area contributed by atoms with Crippen LogP contribution in [0.1, 0.15) is 28.3 Å². The first-order chi connectivity index (χ1) is 7.08. The van der Waals surface area contributed by atoms with Gasteiger partial charge in [-0.15, -0.1) is 0 Å². The average Bonchev–Trinajstić information content (AvgIpc) is 2.68. The lowest BCUT2D eigenvalue weighted by Gasteiger charge is -2.02. The molecule has 0 fully saturated rings. The van der Waals surface area contributed by atoms with Gasteiger partial charge in [-0.2, -0.15) is 0 Å². The van der Waals surface area contributed by atoms with E-state index in [-0.39, 0.29) is 0 Å². The molecule has 0 spiro atoms. The molecular formula is C12H16N2O. The molecule has 0 aliphatic carbocycles. The van der Waals surface area contributed by atoms with Gasteiger partial charge in [0, 0.05) is 18.0 Å². The normalized spacial score (nSPS) is 10.9. The number of hydrogen-bond donors (Lipinski definition) is 0. The van der Waals surface area contributed by atoms with Crippen molar-refractivity contribution in [3.05, 3.63) is 40.5 Å². The van der Waals surface area contributed by atoms with Crippen LogP contribution in [0, 0.1) is 27.7 Å². The van der Waals surface area contributed by atoms with Gasteiger partial charge in [-0.3, -0.25) is 0 Å². The van der Waals surface area contributed by atoms with Crippen molar-refractivity contribution in [1.29, 1.82) is 0 Å². The molecule has 2 aromatic rings. The Labute approximate surface area is 89.7 Å². The lowest BCUT2D eigenvalue weighted by atomic mass is 10.2. The molecule has 0 bridgehead atoms. The minimum Gasteiger partial charge on any atom is -0.359 e. The van der Waals surface area contributed by atoms with Crippen LogP contribution in [0.2, 0.25) is 0 Å². The van der Waals surface area contributed by atoms with Crippen molar-refractivity contribution < 1.29 is 4.52 Å². The predicted molar refractivity (Wildman–Crippen MR) is 59.0 cm³/mol. The van der Waals surface area contributed by atoms with Crippen LogP contribution in [0.15, 0.2) is 16.8 Å². The first kappa shape index (κ1) is 10.0. The molecule has 80 valence electrons. The summed E-state index contributed by atoms with van der Waals surface area (Å²) in [5.74, 6) is 0.908. The highest BCUT2D eigenvalue weighted by Gasteiger charge is 2.07. The second kappa shape index (κ2) is 3.57. The average molecular weight is 204 g/mol. The van der Waals surface area contributed by atoms with Gasteiger partial charge >= 0.3 is 0 Å². The minimum atomic E-state index is 0.765. The van der Waals surface area contributed by atoms with Gasteiger partial charge < -0.3 is 9.09 Å². The number of rotatable bonds is 2. The maximum Gasteiger partial charge on any atom is 0.156 e. The van der Waals surface area contributed by atoms with E-state index in [0.717, 1.165) is 18.0 Å². The highest BCUT2D eigenvalue weighted by molar-refractivity contribution is 5.29. The molecule has 2 aromatic heterocycles. The molecule has 0 radical (unpaired) electrons. The fourth-order valence-corrected chi connectivity index (χ4v) is 1.75. The van der Waals surface area contributed by atoms with E-state index in [1.54, 1.807) is 0 Å². The molecule has 3 nitrogen and oxygen atoms in total. The summed E-state index contributed by atoms with van der Waals surface area (Å²) in [5.41, 5.74) is 4.90. The molecule has 2 heterocycles. The smallest absolute Gasteiger partial charge is 0.156 e. The Bertz CT molecular complexity index is 480. The maximum absolute atomic E-state index is 5.20. The second-order valence-electron chi connectivity index (χ2n) is 4.09. The van der Waals surface area contributed by atoms with E-state index in [9.17, 15) is 0 Å². The van der Waals surface area contributed by atoms with Crippen LogP contribution in [0.25, 0.3) is 0 Å². The second-order valence-corrected chi connectivity index (χ2v) is 4.09. The molecule has 0 unspecified atom stereocenters. The number of hydrogen-bond acceptors (Lipinski definition) is 2. The number of aromatic nitrogens is 2. The van der Waals surface area contributed by atoms with E-state index < -0.39 is 0 Å². The van der Waals surface area contributed by atoms with Gasteiger partial charge in [-0.1, -0.05) is 5.16 Å². The first-order valence-electron chi connectivity index (χ1n) is 5.13. The van der Waals surface area contributed by atoms with E-state index in [4.69, 9.17) is 4.52 Å². The van der Waals surface area contributed by atoms with Crippen molar-refractivity contribution in [2.45, 2.75) is 34.2 Å². The Balaban J connectivity index is 2.28. The molecule has 0 aliphatic heterocycles. The molecule has 0 aliphatic rings. The molecule has 3 heteroatoms. The summed E-state index contributed by atoms with van der Waals surface area (Å²) in [6, 6.07) is 1.98. The van der Waals surface area contributed by atoms with E-state index in [0.29, 0.717) is 0 Å². The molecule has 0 saturated carbocycles. The summed E-state index contributed by atoms with van der Waals surface area (Å²) in [6.07, 6.45) is 2.16. The van der Waals surface area contributed by atoms with Gasteiger partial charge in [-0.25, -0.2) is 0 Å². The molecular weight excluding hydrogens is 188 g/mol. The third-order valence-electron chi connectivity index (χ3n) is 2.92. The Morgan fingerprint density at radius 3 is 2.47 bits per heavy atom. The molecule has 0 saturated heterocycles. The Hall–Kier alpha value is -1.51. The molecule has 0 atom stereocenters. The van der Waals surface area contributed by atoms with Crippen molar-refractivity contribution in [2.24, 2.45) is 0 Å². The van der Waals surface area contributed by atoms with Crippen LogP contribution in [0.4, 0.5) is 0 Å². The molecule has 2 rings (SSSR count). The zero-order chi connectivity index (χ0) is 11.0. The van der Waals surface area contributed by atoms with Gasteiger partial charge in [0.15, 0.2) is 5.76 Å². The van der Waals surface area contributed by atoms with Crippen molar-refractivity contribution in [3.63, 3.8) is 0 Å². The minimum absolute atomic E-state index is 0.765. The standard InChI is InChI=1S/C12H16N2O/c1-8-6-14(11(4)10(8)3)7-12-5-9(2)13-15-12/h5-6H,7H2,1-4H3. The first-order valence-corrected chi connectivity index (χ1v) is 5.13. The van der Waals surface area contributed by atoms with Crippen LogP contribution < -0.4 is 0 Å². The van der Waals surface area contributed by atoms with Crippen molar-refractivity contribution in [3.8, 4) is 0 Å². The van der Waals surface area contributed by atoms with Gasteiger partial charge in [0.05, 0.1) is 12.2 Å². The molecule has 15 heavy (non-hydrogen) atoms. The summed E-state index contributed by atoms with van der Waals surface area (Å²) in [7, 11) is 0. The lowest BCUT2D eigenvalue weighted by molar-refractivity contribution is 0.372. The molecule has 0 N–H and O–H groups in total. The highest BCUT2D eigenvalue weighted by atomic mass is 16.5. The monoisotopic (exact) mass is 204 g/mol. The predicted octanol–water partition coefficient (Wildman–Crippen LogP) is 2.76. The summed E-state index contributed by atoms with van der Waals surface area (Å²) in [4.78, 5) is 0. The van der Waals surface area contributed by atoms with Crippen LogP contribution in [0.3, 0.4) is 0 Å². The molecule has 0 aromatic carbocycles. The number of aryl methyl sites for hydroxylation is 2.